The van der Waals surface area contributed by atoms with Crippen molar-refractivity contribution >= 4 is 23.7 Å². The number of nitrogens with zero attached hydrogens (tertiary/aromatic N) is 6. The quantitative estimate of drug-likeness (QED) is 0.213. The number of aryl methyl sites for hydroxylation is 1. The van der Waals surface area contributed by atoms with Crippen molar-refractivity contribution in [1.29, 1.82) is 0 Å². The zero-order valence-electron chi connectivity index (χ0n) is 31.3. The molecule has 0 radical (unpaired) electrons. The van der Waals surface area contributed by atoms with Crippen molar-refractivity contribution in [2.24, 2.45) is 5.41 Å². The zero-order valence-corrected chi connectivity index (χ0v) is 31.3. The number of pyridine rings is 1. The third kappa shape index (κ3) is 10.5. The lowest BCUT2D eigenvalue weighted by atomic mass is 9.61. The molecular weight excluding hydrogens is 683 g/mol. The van der Waals surface area contributed by atoms with Crippen LogP contribution in [0.25, 0.3) is 0 Å². The molecule has 2 atom stereocenters. The van der Waals surface area contributed by atoms with Crippen molar-refractivity contribution in [3.63, 3.8) is 0 Å². The first kappa shape index (κ1) is 40.1. The largest absolute Gasteiger partial charge is 0.490 e. The fourth-order valence-corrected chi connectivity index (χ4v) is 5.79. The van der Waals surface area contributed by atoms with Gasteiger partial charge in [-0.05, 0) is 66.0 Å². The Morgan fingerprint density at radius 1 is 0.962 bits per heavy atom. The number of amides is 1. The number of alkyl halides is 3. The first-order chi connectivity index (χ1) is 23.8. The maximum Gasteiger partial charge on any atom is 0.361 e. The summed E-state index contributed by atoms with van der Waals surface area (Å²) in [5, 5.41) is 18.8. The molecule has 0 bridgehead atoms. The Kier molecular flexibility index (Phi) is 11.4. The summed E-state index contributed by atoms with van der Waals surface area (Å²) < 4.78 is 60.7. The van der Waals surface area contributed by atoms with Crippen molar-refractivity contribution in [2.75, 3.05) is 5.32 Å². The Balaban J connectivity index is 1.53. The number of halogens is 3. The number of carbonyl (C=O) groups is 3. The highest BCUT2D eigenvalue weighted by molar-refractivity contribution is 5.91. The Morgan fingerprint density at radius 3 is 2.17 bits per heavy atom. The van der Waals surface area contributed by atoms with Gasteiger partial charge < -0.3 is 19.5 Å². The van der Waals surface area contributed by atoms with Crippen molar-refractivity contribution in [1.82, 2.24) is 30.2 Å². The van der Waals surface area contributed by atoms with Gasteiger partial charge in [0, 0.05) is 37.1 Å². The Labute approximate surface area is 301 Å². The molecule has 1 aliphatic rings. The third-order valence-electron chi connectivity index (χ3n) is 8.13. The van der Waals surface area contributed by atoms with Gasteiger partial charge >= 0.3 is 11.9 Å². The van der Waals surface area contributed by atoms with Gasteiger partial charge in [0.25, 0.3) is 5.92 Å². The highest BCUT2D eigenvalue weighted by atomic mass is 19.3. The van der Waals surface area contributed by atoms with Crippen LogP contribution in [0.1, 0.15) is 109 Å². The molecule has 0 saturated heterocycles. The SMILES string of the molecule is Cc1cc(OC2CC(F)(F)C2)cc(CC(=O)Nc2ccc(C(C[C@@H](F)Cn3cc(C(=O)OC(C)(C)C)nn3)(C(=O)OC(C)(C)C)C(C)(C)C)nn2)n1. The zero-order chi connectivity index (χ0) is 38.9. The Hall–Kier alpha value is -4.63. The fraction of sp³-hybridized carbons (Fsp3) is 0.611. The van der Waals surface area contributed by atoms with Crippen LogP contribution >= 0.6 is 0 Å². The molecule has 0 aromatic carbocycles. The number of anilines is 1. The predicted octanol–water partition coefficient (Wildman–Crippen LogP) is 6.14. The molecule has 1 N–H and O–H groups in total. The van der Waals surface area contributed by atoms with Gasteiger partial charge in [-0.1, -0.05) is 26.0 Å². The predicted molar refractivity (Wildman–Crippen MR) is 184 cm³/mol. The van der Waals surface area contributed by atoms with E-state index in [1.165, 1.54) is 29.1 Å². The third-order valence-corrected chi connectivity index (χ3v) is 8.13. The molecule has 284 valence electrons. The molecule has 16 heteroatoms. The van der Waals surface area contributed by atoms with Crippen LogP contribution in [0.4, 0.5) is 19.0 Å². The van der Waals surface area contributed by atoms with Crippen LogP contribution in [-0.4, -0.2) is 77.4 Å². The molecule has 52 heavy (non-hydrogen) atoms. The minimum Gasteiger partial charge on any atom is -0.490 e. The maximum absolute atomic E-state index is 16.2. The Bertz CT molecular complexity index is 1760. The molecule has 1 aliphatic carbocycles. The molecule has 1 saturated carbocycles. The lowest BCUT2D eigenvalue weighted by molar-refractivity contribution is -0.169. The van der Waals surface area contributed by atoms with E-state index in [4.69, 9.17) is 14.2 Å². The smallest absolute Gasteiger partial charge is 0.361 e. The summed E-state index contributed by atoms with van der Waals surface area (Å²) in [5.74, 6) is -4.23. The number of aromatic nitrogens is 6. The summed E-state index contributed by atoms with van der Waals surface area (Å²) in [6.45, 7) is 16.9. The normalized spacial score (nSPS) is 16.6. The molecule has 3 aromatic heterocycles. The molecule has 0 spiro atoms. The van der Waals surface area contributed by atoms with Gasteiger partial charge in [0.1, 0.15) is 34.6 Å². The molecule has 1 amide bonds. The van der Waals surface area contributed by atoms with E-state index in [2.05, 4.69) is 30.8 Å². The summed E-state index contributed by atoms with van der Waals surface area (Å²) in [6.07, 6.45) is -2.33. The Morgan fingerprint density at radius 2 is 1.62 bits per heavy atom. The second-order valence-electron chi connectivity index (χ2n) is 16.3. The van der Waals surface area contributed by atoms with Crippen LogP contribution in [0, 0.1) is 12.3 Å². The van der Waals surface area contributed by atoms with E-state index in [1.54, 1.807) is 75.3 Å². The average molecular weight is 732 g/mol. The number of hydrogen-bond acceptors (Lipinski definition) is 11. The molecule has 13 nitrogen and oxygen atoms in total. The second-order valence-corrected chi connectivity index (χ2v) is 16.3. The molecule has 0 aliphatic heterocycles. The van der Waals surface area contributed by atoms with Gasteiger partial charge in [-0.2, -0.15) is 5.10 Å². The van der Waals surface area contributed by atoms with Gasteiger partial charge in [-0.3, -0.25) is 14.6 Å². The molecule has 4 rings (SSSR count). The van der Waals surface area contributed by atoms with Gasteiger partial charge in [0.2, 0.25) is 5.91 Å². The van der Waals surface area contributed by atoms with E-state index in [1.807, 2.05) is 0 Å². The molecular formula is C36H48F3N7O6. The first-order valence-electron chi connectivity index (χ1n) is 17.0. The number of ether oxygens (including phenoxy) is 3. The lowest BCUT2D eigenvalue weighted by Crippen LogP contribution is -2.52. The van der Waals surface area contributed by atoms with Crippen molar-refractivity contribution in [3.05, 3.63) is 53.2 Å². The second kappa shape index (κ2) is 14.8. The highest BCUT2D eigenvalue weighted by Crippen LogP contribution is 2.47. The monoisotopic (exact) mass is 731 g/mol. The van der Waals surface area contributed by atoms with E-state index in [9.17, 15) is 23.2 Å². The fourth-order valence-electron chi connectivity index (χ4n) is 5.79. The van der Waals surface area contributed by atoms with Crippen LogP contribution < -0.4 is 10.1 Å². The summed E-state index contributed by atoms with van der Waals surface area (Å²) in [4.78, 5) is 43.9. The number of carbonyl (C=O) groups excluding carboxylic acids is 3. The summed E-state index contributed by atoms with van der Waals surface area (Å²) in [7, 11) is 0. The minimum atomic E-state index is -2.73. The average Bonchev–Trinajstić information content (AvgIpc) is 3.41. The number of hydrogen-bond donors (Lipinski definition) is 1. The number of nitrogens with one attached hydrogen (secondary N) is 1. The van der Waals surface area contributed by atoms with Crippen LogP contribution in [0.5, 0.6) is 5.75 Å². The van der Waals surface area contributed by atoms with Gasteiger partial charge in [0.05, 0.1) is 30.6 Å². The number of rotatable bonds is 12. The van der Waals surface area contributed by atoms with E-state index < -0.39 is 64.5 Å². The summed E-state index contributed by atoms with van der Waals surface area (Å²) in [6, 6.07) is 6.09. The van der Waals surface area contributed by atoms with Crippen LogP contribution in [-0.2, 0) is 37.4 Å². The highest BCUT2D eigenvalue weighted by Gasteiger charge is 2.55. The molecule has 1 fully saturated rings. The summed E-state index contributed by atoms with van der Waals surface area (Å²) in [5.41, 5.74) is -3.38. The van der Waals surface area contributed by atoms with Gasteiger partial charge in [-0.25, -0.2) is 22.6 Å². The molecule has 3 aromatic rings. The van der Waals surface area contributed by atoms with Gasteiger partial charge in [0.15, 0.2) is 11.5 Å². The van der Waals surface area contributed by atoms with E-state index in [0.717, 1.165) is 0 Å². The van der Waals surface area contributed by atoms with Crippen LogP contribution in [0.15, 0.2) is 30.5 Å². The first-order valence-corrected chi connectivity index (χ1v) is 17.0. The van der Waals surface area contributed by atoms with E-state index in [0.29, 0.717) is 17.1 Å². The van der Waals surface area contributed by atoms with Gasteiger partial charge in [-0.15, -0.1) is 10.2 Å². The van der Waals surface area contributed by atoms with Crippen LogP contribution in [0.3, 0.4) is 0 Å². The van der Waals surface area contributed by atoms with E-state index >= 15 is 4.39 Å². The standard InChI is InChI=1S/C36H48F3N7O6/c1-21-13-24(50-25-17-35(38,39)18-25)14-23(40-21)15-29(47)41-28-12-11-27(43-44-28)36(32(2,3)4,31(49)52-34(8,9)10)16-22(37)19-46-20-26(42-45-46)30(48)51-33(5,6)7/h11-14,20,22,25H,15-19H2,1-10H3,(H,41,44,47)/t22-,36?/m1/s1. The van der Waals surface area contributed by atoms with Crippen LogP contribution in [0.2, 0.25) is 0 Å². The lowest BCUT2D eigenvalue weighted by Gasteiger charge is -2.43. The molecule has 3 heterocycles. The number of esters is 2. The molecule has 1 unspecified atom stereocenters. The van der Waals surface area contributed by atoms with Crippen molar-refractivity contribution in [3.8, 4) is 5.75 Å². The maximum atomic E-state index is 16.2. The minimum absolute atomic E-state index is 0.0654. The topological polar surface area (TPSA) is 160 Å². The summed E-state index contributed by atoms with van der Waals surface area (Å²) >= 11 is 0. The van der Waals surface area contributed by atoms with Crippen molar-refractivity contribution < 1.29 is 41.8 Å². The van der Waals surface area contributed by atoms with E-state index in [-0.39, 0.29) is 43.0 Å². The van der Waals surface area contributed by atoms with Crippen molar-refractivity contribution in [2.45, 2.75) is 136 Å².